The van der Waals surface area contributed by atoms with E-state index < -0.39 is 5.97 Å². The SMILES string of the molecule is O=C(CCC(=O)c1ccc2c(c1)OCCO2)OC/C=C/c1ccccc1. The quantitative estimate of drug-likeness (QED) is 0.562. The maximum absolute atomic E-state index is 12.2. The van der Waals surface area contributed by atoms with E-state index in [0.29, 0.717) is 30.3 Å². The first-order valence-electron chi connectivity index (χ1n) is 8.52. The highest BCUT2D eigenvalue weighted by molar-refractivity contribution is 5.98. The minimum Gasteiger partial charge on any atom is -0.486 e. The monoisotopic (exact) mass is 352 g/mol. The largest absolute Gasteiger partial charge is 0.486 e. The number of rotatable bonds is 7. The standard InChI is InChI=1S/C21H20O5/c22-18(17-8-10-19-20(15-17)25-14-13-24-19)9-11-21(23)26-12-4-7-16-5-2-1-3-6-16/h1-8,10,15H,9,11-14H2/b7-4+. The van der Waals surface area contributed by atoms with Crippen molar-refractivity contribution in [1.82, 2.24) is 0 Å². The second-order valence-electron chi connectivity index (χ2n) is 5.78. The Morgan fingerprint density at radius 1 is 0.962 bits per heavy atom. The molecule has 1 aliphatic heterocycles. The molecule has 0 amide bonds. The Labute approximate surface area is 152 Å². The van der Waals surface area contributed by atoms with Crippen LogP contribution in [0.25, 0.3) is 6.08 Å². The van der Waals surface area contributed by atoms with Crippen LogP contribution in [0.5, 0.6) is 11.5 Å². The van der Waals surface area contributed by atoms with Gasteiger partial charge in [-0.25, -0.2) is 0 Å². The third kappa shape index (κ3) is 4.96. The fourth-order valence-electron chi connectivity index (χ4n) is 2.54. The lowest BCUT2D eigenvalue weighted by molar-refractivity contribution is -0.142. The van der Waals surface area contributed by atoms with Crippen LogP contribution in [0, 0.1) is 0 Å². The van der Waals surface area contributed by atoms with Crippen LogP contribution in [0.4, 0.5) is 0 Å². The topological polar surface area (TPSA) is 61.8 Å². The zero-order chi connectivity index (χ0) is 18.2. The van der Waals surface area contributed by atoms with Crippen LogP contribution in [0.1, 0.15) is 28.8 Å². The van der Waals surface area contributed by atoms with E-state index >= 15 is 0 Å². The van der Waals surface area contributed by atoms with Gasteiger partial charge in [-0.05, 0) is 29.8 Å². The van der Waals surface area contributed by atoms with Crippen LogP contribution >= 0.6 is 0 Å². The fourth-order valence-corrected chi connectivity index (χ4v) is 2.54. The molecular weight excluding hydrogens is 332 g/mol. The number of benzene rings is 2. The van der Waals surface area contributed by atoms with Crippen LogP contribution < -0.4 is 9.47 Å². The third-order valence-corrected chi connectivity index (χ3v) is 3.87. The first-order chi connectivity index (χ1) is 12.7. The molecule has 2 aromatic carbocycles. The summed E-state index contributed by atoms with van der Waals surface area (Å²) in [5.74, 6) is 0.681. The predicted octanol–water partition coefficient (Wildman–Crippen LogP) is 3.68. The van der Waals surface area contributed by atoms with E-state index in [1.54, 1.807) is 24.3 Å². The second-order valence-corrected chi connectivity index (χ2v) is 5.78. The number of Topliss-reactive ketones (excluding diaryl/α,β-unsaturated/α-hetero) is 1. The molecule has 0 unspecified atom stereocenters. The molecule has 0 N–H and O–H groups in total. The van der Waals surface area contributed by atoms with Crippen LogP contribution in [0.2, 0.25) is 0 Å². The van der Waals surface area contributed by atoms with Gasteiger partial charge < -0.3 is 14.2 Å². The van der Waals surface area contributed by atoms with Gasteiger partial charge in [-0.15, -0.1) is 0 Å². The number of carbonyl (C=O) groups excluding carboxylic acids is 2. The van der Waals surface area contributed by atoms with Gasteiger partial charge >= 0.3 is 5.97 Å². The summed E-state index contributed by atoms with van der Waals surface area (Å²) in [4.78, 5) is 24.0. The highest BCUT2D eigenvalue weighted by Gasteiger charge is 2.16. The average Bonchev–Trinajstić information content (AvgIpc) is 2.70. The first-order valence-corrected chi connectivity index (χ1v) is 8.52. The molecule has 1 heterocycles. The average molecular weight is 352 g/mol. The molecule has 0 saturated carbocycles. The Morgan fingerprint density at radius 2 is 1.73 bits per heavy atom. The lowest BCUT2D eigenvalue weighted by atomic mass is 10.1. The smallest absolute Gasteiger partial charge is 0.306 e. The number of esters is 1. The van der Waals surface area contributed by atoms with E-state index in [1.165, 1.54) is 0 Å². The minimum absolute atomic E-state index is 0.0481. The maximum Gasteiger partial charge on any atom is 0.306 e. The highest BCUT2D eigenvalue weighted by atomic mass is 16.6. The summed E-state index contributed by atoms with van der Waals surface area (Å²) in [6, 6.07) is 14.8. The Kier molecular flexibility index (Phi) is 6.04. The van der Waals surface area contributed by atoms with Crippen molar-refractivity contribution in [3.8, 4) is 11.5 Å². The number of fused-ring (bicyclic) bond motifs is 1. The van der Waals surface area contributed by atoms with Crippen LogP contribution in [0.15, 0.2) is 54.6 Å². The van der Waals surface area contributed by atoms with Gasteiger partial charge in [-0.1, -0.05) is 36.4 Å². The van der Waals surface area contributed by atoms with Gasteiger partial charge in [0, 0.05) is 12.0 Å². The molecule has 134 valence electrons. The summed E-state index contributed by atoms with van der Waals surface area (Å²) in [7, 11) is 0. The molecule has 2 aromatic rings. The van der Waals surface area contributed by atoms with Crippen molar-refractivity contribution in [2.75, 3.05) is 19.8 Å². The number of ether oxygens (including phenoxy) is 3. The second kappa shape index (κ2) is 8.85. The molecule has 26 heavy (non-hydrogen) atoms. The van der Waals surface area contributed by atoms with E-state index in [2.05, 4.69) is 0 Å². The summed E-state index contributed by atoms with van der Waals surface area (Å²) in [5.41, 5.74) is 1.54. The Balaban J connectivity index is 1.42. The molecule has 0 bridgehead atoms. The summed E-state index contributed by atoms with van der Waals surface area (Å²) in [5, 5.41) is 0. The molecule has 0 aromatic heterocycles. The molecule has 5 nitrogen and oxygen atoms in total. The van der Waals surface area contributed by atoms with E-state index in [9.17, 15) is 9.59 Å². The van der Waals surface area contributed by atoms with Crippen LogP contribution in [-0.2, 0) is 9.53 Å². The highest BCUT2D eigenvalue weighted by Crippen LogP contribution is 2.31. The van der Waals surface area contributed by atoms with Crippen LogP contribution in [-0.4, -0.2) is 31.6 Å². The van der Waals surface area contributed by atoms with E-state index in [-0.39, 0.29) is 25.2 Å². The third-order valence-electron chi connectivity index (χ3n) is 3.87. The van der Waals surface area contributed by atoms with Gasteiger partial charge in [0.15, 0.2) is 17.3 Å². The zero-order valence-corrected chi connectivity index (χ0v) is 14.4. The van der Waals surface area contributed by atoms with Crippen molar-refractivity contribution in [2.45, 2.75) is 12.8 Å². The molecule has 5 heteroatoms. The normalized spacial score (nSPS) is 12.8. The minimum atomic E-state index is -0.395. The van der Waals surface area contributed by atoms with Crippen molar-refractivity contribution in [2.24, 2.45) is 0 Å². The summed E-state index contributed by atoms with van der Waals surface area (Å²) in [6.07, 6.45) is 3.80. The van der Waals surface area contributed by atoms with Gasteiger partial charge in [0.25, 0.3) is 0 Å². The van der Waals surface area contributed by atoms with Crippen molar-refractivity contribution in [3.05, 3.63) is 65.7 Å². The molecule has 0 saturated heterocycles. The molecule has 0 spiro atoms. The van der Waals surface area contributed by atoms with Gasteiger partial charge in [-0.2, -0.15) is 0 Å². The lowest BCUT2D eigenvalue weighted by Gasteiger charge is -2.18. The van der Waals surface area contributed by atoms with Crippen molar-refractivity contribution < 1.29 is 23.8 Å². The van der Waals surface area contributed by atoms with Gasteiger partial charge in [-0.3, -0.25) is 9.59 Å². The molecular formula is C21H20O5. The molecule has 0 radical (unpaired) electrons. The lowest BCUT2D eigenvalue weighted by Crippen LogP contribution is -2.16. The summed E-state index contributed by atoms with van der Waals surface area (Å²) >= 11 is 0. The van der Waals surface area contributed by atoms with Gasteiger partial charge in [0.2, 0.25) is 0 Å². The van der Waals surface area contributed by atoms with E-state index in [0.717, 1.165) is 5.56 Å². The van der Waals surface area contributed by atoms with Crippen LogP contribution in [0.3, 0.4) is 0 Å². The number of ketones is 1. The number of hydrogen-bond donors (Lipinski definition) is 0. The van der Waals surface area contributed by atoms with E-state index in [1.807, 2.05) is 36.4 Å². The predicted molar refractivity (Wildman–Crippen MR) is 97.4 cm³/mol. The Hall–Kier alpha value is -3.08. The van der Waals surface area contributed by atoms with Crippen molar-refractivity contribution in [3.63, 3.8) is 0 Å². The Bertz CT molecular complexity index is 795. The Morgan fingerprint density at radius 3 is 2.54 bits per heavy atom. The molecule has 0 fully saturated rings. The molecule has 0 atom stereocenters. The first kappa shape index (κ1) is 17.7. The summed E-state index contributed by atoms with van der Waals surface area (Å²) < 4.78 is 16.0. The molecule has 0 aliphatic carbocycles. The zero-order valence-electron chi connectivity index (χ0n) is 14.4. The maximum atomic E-state index is 12.2. The number of hydrogen-bond acceptors (Lipinski definition) is 5. The van der Waals surface area contributed by atoms with Crippen molar-refractivity contribution in [1.29, 1.82) is 0 Å². The molecule has 3 rings (SSSR count). The molecule has 1 aliphatic rings. The van der Waals surface area contributed by atoms with Gasteiger partial charge in [0.05, 0.1) is 6.42 Å². The van der Waals surface area contributed by atoms with Crippen molar-refractivity contribution >= 4 is 17.8 Å². The summed E-state index contributed by atoms with van der Waals surface area (Å²) in [6.45, 7) is 1.16. The van der Waals surface area contributed by atoms with Gasteiger partial charge in [0.1, 0.15) is 19.8 Å². The number of carbonyl (C=O) groups is 2. The van der Waals surface area contributed by atoms with E-state index in [4.69, 9.17) is 14.2 Å². The fraction of sp³-hybridized carbons (Fsp3) is 0.238.